The van der Waals surface area contributed by atoms with Crippen molar-refractivity contribution in [1.29, 1.82) is 0 Å². The summed E-state index contributed by atoms with van der Waals surface area (Å²) in [7, 11) is 4.31. The highest BCUT2D eigenvalue weighted by Gasteiger charge is 2.26. The van der Waals surface area contributed by atoms with Crippen LogP contribution in [0.5, 0.6) is 0 Å². The van der Waals surface area contributed by atoms with Crippen LogP contribution in [0.15, 0.2) is 18.2 Å². The van der Waals surface area contributed by atoms with Crippen LogP contribution in [-0.2, 0) is 0 Å². The summed E-state index contributed by atoms with van der Waals surface area (Å²) in [5.41, 5.74) is 7.03. The van der Waals surface area contributed by atoms with E-state index in [2.05, 4.69) is 23.9 Å². The second kappa shape index (κ2) is 7.10. The van der Waals surface area contributed by atoms with Gasteiger partial charge in [0.05, 0.1) is 0 Å². The molecule has 0 bridgehead atoms. The number of likely N-dealkylation sites (N-methyl/N-ethyl adjacent to an activating group) is 2. The van der Waals surface area contributed by atoms with Gasteiger partial charge in [-0.15, -0.1) is 0 Å². The molecule has 2 rings (SSSR count). The van der Waals surface area contributed by atoms with Crippen molar-refractivity contribution in [2.75, 3.05) is 33.7 Å². The second-order valence-electron chi connectivity index (χ2n) is 5.63. The second-order valence-corrected chi connectivity index (χ2v) is 6.48. The molecule has 2 N–H and O–H groups in total. The number of hydrogen-bond acceptors (Lipinski definition) is 3. The van der Waals surface area contributed by atoms with Gasteiger partial charge in [0.25, 0.3) is 0 Å². The van der Waals surface area contributed by atoms with Gasteiger partial charge in [-0.25, -0.2) is 0 Å². The molecule has 1 aliphatic heterocycles. The van der Waals surface area contributed by atoms with Gasteiger partial charge >= 0.3 is 0 Å². The molecule has 112 valence electrons. The van der Waals surface area contributed by atoms with Crippen molar-refractivity contribution in [3.8, 4) is 0 Å². The number of likely N-dealkylation sites (tertiary alicyclic amines) is 1. The van der Waals surface area contributed by atoms with Crippen LogP contribution in [0.4, 0.5) is 0 Å². The first-order valence-corrected chi connectivity index (χ1v) is 7.84. The Kier molecular flexibility index (Phi) is 5.70. The molecule has 0 aromatic heterocycles. The van der Waals surface area contributed by atoms with Gasteiger partial charge in [0.15, 0.2) is 0 Å². The number of hydrogen-bond donors (Lipinski definition) is 1. The van der Waals surface area contributed by atoms with Crippen LogP contribution < -0.4 is 5.73 Å². The molecule has 1 fully saturated rings. The third-order valence-electron chi connectivity index (χ3n) is 4.25. The summed E-state index contributed by atoms with van der Waals surface area (Å²) in [5.74, 6) is 0. The third-order valence-corrected chi connectivity index (χ3v) is 4.81. The number of nitrogens with two attached hydrogens (primary N) is 1. The molecule has 0 radical (unpaired) electrons. The lowest BCUT2D eigenvalue weighted by Crippen LogP contribution is -2.40. The van der Waals surface area contributed by atoms with E-state index >= 15 is 0 Å². The molecule has 1 saturated heterocycles. The van der Waals surface area contributed by atoms with Crippen LogP contribution in [0.1, 0.15) is 24.4 Å². The number of benzene rings is 1. The van der Waals surface area contributed by atoms with Crippen molar-refractivity contribution in [2.24, 2.45) is 5.73 Å². The average molecular weight is 316 g/mol. The highest BCUT2D eigenvalue weighted by Crippen LogP contribution is 2.29. The molecule has 20 heavy (non-hydrogen) atoms. The standard InChI is InChI=1S/C15H23Cl2N3/c1-19-7-3-4-12(19)10-20(2)15(9-18)13-6-5-11(16)8-14(13)17/h5-6,8,12,15H,3-4,7,9-10,18H2,1-2H3. The number of rotatable bonds is 5. The Morgan fingerprint density at radius 3 is 2.75 bits per heavy atom. The zero-order chi connectivity index (χ0) is 14.7. The molecular formula is C15H23Cl2N3. The lowest BCUT2D eigenvalue weighted by molar-refractivity contribution is 0.180. The topological polar surface area (TPSA) is 32.5 Å². The zero-order valence-corrected chi connectivity index (χ0v) is 13.7. The van der Waals surface area contributed by atoms with E-state index < -0.39 is 0 Å². The summed E-state index contributed by atoms with van der Waals surface area (Å²) in [4.78, 5) is 4.73. The Hall–Kier alpha value is -0.320. The van der Waals surface area contributed by atoms with Gasteiger partial charge in [-0.1, -0.05) is 29.3 Å². The molecule has 5 heteroatoms. The van der Waals surface area contributed by atoms with Crippen molar-refractivity contribution in [1.82, 2.24) is 9.80 Å². The minimum atomic E-state index is 0.133. The van der Waals surface area contributed by atoms with Gasteiger partial charge in [-0.2, -0.15) is 0 Å². The van der Waals surface area contributed by atoms with E-state index in [-0.39, 0.29) is 6.04 Å². The molecule has 0 amide bonds. The third kappa shape index (κ3) is 3.66. The molecule has 2 unspecified atom stereocenters. The number of nitrogens with zero attached hydrogens (tertiary/aromatic N) is 2. The Labute approximate surface area is 131 Å². The molecule has 0 saturated carbocycles. The molecule has 3 nitrogen and oxygen atoms in total. The lowest BCUT2D eigenvalue weighted by atomic mass is 10.0. The van der Waals surface area contributed by atoms with Crippen LogP contribution in [0.2, 0.25) is 10.0 Å². The van der Waals surface area contributed by atoms with Gasteiger partial charge < -0.3 is 10.6 Å². The maximum absolute atomic E-state index is 6.32. The molecular weight excluding hydrogens is 293 g/mol. The fourth-order valence-electron chi connectivity index (χ4n) is 2.99. The van der Waals surface area contributed by atoms with Crippen molar-refractivity contribution < 1.29 is 0 Å². The average Bonchev–Trinajstić information content (AvgIpc) is 2.78. The van der Waals surface area contributed by atoms with Crippen molar-refractivity contribution >= 4 is 23.2 Å². The minimum Gasteiger partial charge on any atom is -0.329 e. The largest absolute Gasteiger partial charge is 0.329 e. The van der Waals surface area contributed by atoms with Gasteiger partial charge in [0.2, 0.25) is 0 Å². The SMILES string of the molecule is CN1CCCC1CN(C)C(CN)c1ccc(Cl)cc1Cl. The molecule has 2 atom stereocenters. The summed E-state index contributed by atoms with van der Waals surface area (Å²) in [6, 6.07) is 6.39. The molecule has 0 aliphatic carbocycles. The Bertz CT molecular complexity index is 453. The van der Waals surface area contributed by atoms with Gasteiger partial charge in [-0.05, 0) is 51.2 Å². The Morgan fingerprint density at radius 1 is 1.45 bits per heavy atom. The summed E-state index contributed by atoms with van der Waals surface area (Å²) >= 11 is 12.3. The highest BCUT2D eigenvalue weighted by atomic mass is 35.5. The normalized spacial score (nSPS) is 21.6. The fraction of sp³-hybridized carbons (Fsp3) is 0.600. The van der Waals surface area contributed by atoms with Gasteiger partial charge in [-0.3, -0.25) is 4.90 Å². The maximum atomic E-state index is 6.32. The summed E-state index contributed by atoms with van der Waals surface area (Å²) in [6.45, 7) is 2.75. The van der Waals surface area contributed by atoms with Crippen molar-refractivity contribution in [3.63, 3.8) is 0 Å². The van der Waals surface area contributed by atoms with E-state index in [9.17, 15) is 0 Å². The first kappa shape index (κ1) is 16.1. The van der Waals surface area contributed by atoms with Crippen LogP contribution in [0.3, 0.4) is 0 Å². The molecule has 1 aromatic carbocycles. The highest BCUT2D eigenvalue weighted by molar-refractivity contribution is 6.35. The van der Waals surface area contributed by atoms with E-state index in [1.54, 1.807) is 6.07 Å². The zero-order valence-electron chi connectivity index (χ0n) is 12.1. The number of halogens is 2. The fourth-order valence-corrected chi connectivity index (χ4v) is 3.52. The lowest BCUT2D eigenvalue weighted by Gasteiger charge is -2.32. The summed E-state index contributed by atoms with van der Waals surface area (Å²) in [6.07, 6.45) is 2.54. The first-order chi connectivity index (χ1) is 9.52. The quantitative estimate of drug-likeness (QED) is 0.906. The summed E-state index contributed by atoms with van der Waals surface area (Å²) in [5, 5.41) is 1.35. The van der Waals surface area contributed by atoms with Crippen molar-refractivity contribution in [2.45, 2.75) is 24.9 Å². The van der Waals surface area contributed by atoms with E-state index in [1.165, 1.54) is 19.4 Å². The molecule has 1 heterocycles. The predicted octanol–water partition coefficient (Wildman–Crippen LogP) is 3.02. The van der Waals surface area contributed by atoms with Crippen LogP contribution in [0.25, 0.3) is 0 Å². The van der Waals surface area contributed by atoms with E-state index in [4.69, 9.17) is 28.9 Å². The van der Waals surface area contributed by atoms with E-state index in [1.807, 2.05) is 12.1 Å². The van der Waals surface area contributed by atoms with Gasteiger partial charge in [0, 0.05) is 35.2 Å². The molecule has 1 aliphatic rings. The maximum Gasteiger partial charge on any atom is 0.0482 e. The minimum absolute atomic E-state index is 0.133. The predicted molar refractivity (Wildman–Crippen MR) is 86.5 cm³/mol. The molecule has 0 spiro atoms. The Morgan fingerprint density at radius 2 is 2.20 bits per heavy atom. The van der Waals surface area contributed by atoms with E-state index in [0.29, 0.717) is 22.6 Å². The summed E-state index contributed by atoms with van der Waals surface area (Å²) < 4.78 is 0. The van der Waals surface area contributed by atoms with Crippen molar-refractivity contribution in [3.05, 3.63) is 33.8 Å². The van der Waals surface area contributed by atoms with Crippen LogP contribution in [0, 0.1) is 0 Å². The molecule has 1 aromatic rings. The van der Waals surface area contributed by atoms with E-state index in [0.717, 1.165) is 12.1 Å². The first-order valence-electron chi connectivity index (χ1n) is 7.08. The van der Waals surface area contributed by atoms with Crippen LogP contribution in [-0.4, -0.2) is 49.6 Å². The van der Waals surface area contributed by atoms with Crippen LogP contribution >= 0.6 is 23.2 Å². The smallest absolute Gasteiger partial charge is 0.0482 e. The van der Waals surface area contributed by atoms with Gasteiger partial charge in [0.1, 0.15) is 0 Å². The Balaban J connectivity index is 2.10. The monoisotopic (exact) mass is 315 g/mol.